The van der Waals surface area contributed by atoms with Crippen LogP contribution in [0, 0.1) is 0 Å². The molecule has 0 unspecified atom stereocenters. The topological polar surface area (TPSA) is 12.0 Å². The molecule has 0 aliphatic rings. The molecule has 1 N–H and O–H groups in total. The number of hydrogen-bond donors (Lipinski definition) is 1. The SMILES string of the molecule is CSCCNc1ccccc1Cc1ccccc1. The number of rotatable bonds is 6. The van der Waals surface area contributed by atoms with Gasteiger partial charge in [-0.1, -0.05) is 48.5 Å². The molecule has 0 fully saturated rings. The lowest BCUT2D eigenvalue weighted by Crippen LogP contribution is -2.06. The average molecular weight is 257 g/mol. The van der Waals surface area contributed by atoms with Crippen LogP contribution in [0.4, 0.5) is 5.69 Å². The largest absolute Gasteiger partial charge is 0.384 e. The minimum atomic E-state index is 0.989. The normalized spacial score (nSPS) is 10.3. The highest BCUT2D eigenvalue weighted by molar-refractivity contribution is 7.98. The number of hydrogen-bond acceptors (Lipinski definition) is 2. The molecule has 2 rings (SSSR count). The van der Waals surface area contributed by atoms with Crippen LogP contribution in [0.1, 0.15) is 11.1 Å². The van der Waals surface area contributed by atoms with E-state index in [0.29, 0.717) is 0 Å². The summed E-state index contributed by atoms with van der Waals surface area (Å²) < 4.78 is 0. The number of nitrogens with one attached hydrogen (secondary N) is 1. The molecule has 94 valence electrons. The summed E-state index contributed by atoms with van der Waals surface area (Å²) in [6.45, 7) is 1.02. The van der Waals surface area contributed by atoms with Crippen molar-refractivity contribution in [1.29, 1.82) is 0 Å². The molecular formula is C16H19NS. The zero-order valence-corrected chi connectivity index (χ0v) is 11.5. The Bertz CT molecular complexity index is 468. The molecule has 0 spiro atoms. The molecule has 2 aromatic carbocycles. The number of anilines is 1. The fraction of sp³-hybridized carbons (Fsp3) is 0.250. The van der Waals surface area contributed by atoms with Gasteiger partial charge in [0.1, 0.15) is 0 Å². The first kappa shape index (κ1) is 13.0. The summed E-state index contributed by atoms with van der Waals surface area (Å²) in [5, 5.41) is 3.51. The van der Waals surface area contributed by atoms with Gasteiger partial charge in [0.25, 0.3) is 0 Å². The third-order valence-corrected chi connectivity index (χ3v) is 3.49. The van der Waals surface area contributed by atoms with Gasteiger partial charge in [-0.25, -0.2) is 0 Å². The molecule has 2 heteroatoms. The molecule has 0 saturated heterocycles. The summed E-state index contributed by atoms with van der Waals surface area (Å²) in [5.74, 6) is 1.14. The second-order valence-corrected chi connectivity index (χ2v) is 5.22. The molecular weight excluding hydrogens is 238 g/mol. The highest BCUT2D eigenvalue weighted by Gasteiger charge is 2.01. The van der Waals surface area contributed by atoms with E-state index in [4.69, 9.17) is 0 Å². The molecule has 18 heavy (non-hydrogen) atoms. The summed E-state index contributed by atoms with van der Waals surface area (Å²) in [4.78, 5) is 0. The van der Waals surface area contributed by atoms with Crippen molar-refractivity contribution < 1.29 is 0 Å². The third kappa shape index (κ3) is 3.81. The zero-order chi connectivity index (χ0) is 12.6. The second-order valence-electron chi connectivity index (χ2n) is 4.24. The number of para-hydroxylation sites is 1. The van der Waals surface area contributed by atoms with Crippen LogP contribution in [0.15, 0.2) is 54.6 Å². The Morgan fingerprint density at radius 3 is 2.44 bits per heavy atom. The first-order valence-electron chi connectivity index (χ1n) is 6.25. The van der Waals surface area contributed by atoms with Gasteiger partial charge in [0.05, 0.1) is 0 Å². The van der Waals surface area contributed by atoms with Gasteiger partial charge in [0.2, 0.25) is 0 Å². The van der Waals surface area contributed by atoms with Crippen LogP contribution >= 0.6 is 11.8 Å². The molecule has 0 radical (unpaired) electrons. The summed E-state index contributed by atoms with van der Waals surface area (Å²) in [6.07, 6.45) is 3.13. The van der Waals surface area contributed by atoms with Crippen molar-refractivity contribution in [3.05, 3.63) is 65.7 Å². The van der Waals surface area contributed by atoms with E-state index in [9.17, 15) is 0 Å². The van der Waals surface area contributed by atoms with Crippen LogP contribution < -0.4 is 5.32 Å². The van der Waals surface area contributed by atoms with E-state index >= 15 is 0 Å². The smallest absolute Gasteiger partial charge is 0.0376 e. The lowest BCUT2D eigenvalue weighted by molar-refractivity contribution is 1.15. The molecule has 0 aromatic heterocycles. The monoisotopic (exact) mass is 257 g/mol. The molecule has 0 atom stereocenters. The van der Waals surface area contributed by atoms with Gasteiger partial charge >= 0.3 is 0 Å². The fourth-order valence-electron chi connectivity index (χ4n) is 1.95. The Hall–Kier alpha value is -1.41. The van der Waals surface area contributed by atoms with Crippen LogP contribution in [-0.2, 0) is 6.42 Å². The van der Waals surface area contributed by atoms with Crippen LogP contribution in [0.2, 0.25) is 0 Å². The predicted octanol–water partition coefficient (Wildman–Crippen LogP) is 4.05. The van der Waals surface area contributed by atoms with Gasteiger partial charge in [-0.2, -0.15) is 11.8 Å². The molecule has 0 aliphatic heterocycles. The van der Waals surface area contributed by atoms with Gasteiger partial charge in [0, 0.05) is 18.0 Å². The Labute approximate surface area is 114 Å². The van der Waals surface area contributed by atoms with E-state index in [1.165, 1.54) is 16.8 Å². The van der Waals surface area contributed by atoms with Gasteiger partial charge in [-0.05, 0) is 29.9 Å². The molecule has 0 heterocycles. The highest BCUT2D eigenvalue weighted by Crippen LogP contribution is 2.18. The summed E-state index contributed by atoms with van der Waals surface area (Å²) in [6, 6.07) is 19.2. The van der Waals surface area contributed by atoms with Crippen molar-refractivity contribution >= 4 is 17.4 Å². The zero-order valence-electron chi connectivity index (χ0n) is 10.7. The van der Waals surface area contributed by atoms with E-state index in [1.54, 1.807) is 0 Å². The Kier molecular flexibility index (Phi) is 5.15. The van der Waals surface area contributed by atoms with Gasteiger partial charge in [0.15, 0.2) is 0 Å². The Morgan fingerprint density at radius 2 is 1.67 bits per heavy atom. The summed E-state index contributed by atoms with van der Waals surface area (Å²) in [7, 11) is 0. The second kappa shape index (κ2) is 7.12. The number of benzene rings is 2. The van der Waals surface area contributed by atoms with Crippen LogP contribution in [0.3, 0.4) is 0 Å². The van der Waals surface area contributed by atoms with Crippen LogP contribution in [0.5, 0.6) is 0 Å². The van der Waals surface area contributed by atoms with E-state index < -0.39 is 0 Å². The van der Waals surface area contributed by atoms with Crippen molar-refractivity contribution in [2.45, 2.75) is 6.42 Å². The van der Waals surface area contributed by atoms with Crippen molar-refractivity contribution in [3.8, 4) is 0 Å². The minimum Gasteiger partial charge on any atom is -0.384 e. The van der Waals surface area contributed by atoms with Crippen molar-refractivity contribution in [1.82, 2.24) is 0 Å². The van der Waals surface area contributed by atoms with Gasteiger partial charge in [-0.15, -0.1) is 0 Å². The first-order chi connectivity index (χ1) is 8.90. The lowest BCUT2D eigenvalue weighted by Gasteiger charge is -2.11. The van der Waals surface area contributed by atoms with E-state index in [0.717, 1.165) is 18.7 Å². The Balaban J connectivity index is 2.07. The average Bonchev–Trinajstić information content (AvgIpc) is 2.42. The van der Waals surface area contributed by atoms with Crippen molar-refractivity contribution in [2.75, 3.05) is 23.9 Å². The maximum Gasteiger partial charge on any atom is 0.0376 e. The van der Waals surface area contributed by atoms with E-state index in [1.807, 2.05) is 11.8 Å². The third-order valence-electron chi connectivity index (χ3n) is 2.88. The summed E-state index contributed by atoms with van der Waals surface area (Å²) in [5.41, 5.74) is 3.98. The minimum absolute atomic E-state index is 0.989. The molecule has 0 bridgehead atoms. The molecule has 2 aromatic rings. The van der Waals surface area contributed by atoms with E-state index in [2.05, 4.69) is 66.2 Å². The maximum atomic E-state index is 3.51. The maximum absolute atomic E-state index is 3.51. The fourth-order valence-corrected chi connectivity index (χ4v) is 2.26. The quantitative estimate of drug-likeness (QED) is 0.783. The van der Waals surface area contributed by atoms with Crippen molar-refractivity contribution in [2.24, 2.45) is 0 Å². The van der Waals surface area contributed by atoms with Gasteiger partial charge in [-0.3, -0.25) is 0 Å². The standard InChI is InChI=1S/C16H19NS/c1-18-12-11-17-16-10-6-5-9-15(16)13-14-7-3-2-4-8-14/h2-10,17H,11-13H2,1H3. The lowest BCUT2D eigenvalue weighted by atomic mass is 10.0. The van der Waals surface area contributed by atoms with Crippen LogP contribution in [0.25, 0.3) is 0 Å². The van der Waals surface area contributed by atoms with E-state index in [-0.39, 0.29) is 0 Å². The van der Waals surface area contributed by atoms with Crippen LogP contribution in [-0.4, -0.2) is 18.6 Å². The molecule has 1 nitrogen and oxygen atoms in total. The highest BCUT2D eigenvalue weighted by atomic mass is 32.2. The van der Waals surface area contributed by atoms with Gasteiger partial charge < -0.3 is 5.32 Å². The molecule has 0 saturated carbocycles. The predicted molar refractivity (Wildman–Crippen MR) is 82.6 cm³/mol. The summed E-state index contributed by atoms with van der Waals surface area (Å²) >= 11 is 1.87. The first-order valence-corrected chi connectivity index (χ1v) is 7.64. The number of thioether (sulfide) groups is 1. The molecule has 0 aliphatic carbocycles. The van der Waals surface area contributed by atoms with Crippen molar-refractivity contribution in [3.63, 3.8) is 0 Å². The Morgan fingerprint density at radius 1 is 0.944 bits per heavy atom. The molecule has 0 amide bonds.